The average molecular weight is 338 g/mol. The summed E-state index contributed by atoms with van der Waals surface area (Å²) in [4.78, 5) is 17.5. The molecule has 1 aromatic carbocycles. The SMILES string of the molecule is Cc1ccccc1[C@H]1[C@@H]2CN(C(=O)c3cnn(C)c3C)C[C@@H]2CN1C. The smallest absolute Gasteiger partial charge is 0.257 e. The lowest BCUT2D eigenvalue weighted by Crippen LogP contribution is -2.33. The fourth-order valence-electron chi connectivity index (χ4n) is 4.69. The number of nitrogens with zero attached hydrogens (tertiary/aromatic N) is 4. The lowest BCUT2D eigenvalue weighted by Gasteiger charge is -2.28. The number of fused-ring (bicyclic) bond motifs is 1. The summed E-state index contributed by atoms with van der Waals surface area (Å²) in [5, 5.41) is 4.23. The molecule has 5 heteroatoms. The van der Waals surface area contributed by atoms with Crippen LogP contribution in [0.4, 0.5) is 0 Å². The van der Waals surface area contributed by atoms with Gasteiger partial charge in [-0.25, -0.2) is 0 Å². The van der Waals surface area contributed by atoms with Crippen LogP contribution in [0.1, 0.15) is 33.2 Å². The molecule has 0 N–H and O–H groups in total. The molecule has 0 aliphatic carbocycles. The summed E-state index contributed by atoms with van der Waals surface area (Å²) in [5.74, 6) is 1.19. The van der Waals surface area contributed by atoms with Crippen molar-refractivity contribution < 1.29 is 4.79 Å². The monoisotopic (exact) mass is 338 g/mol. The van der Waals surface area contributed by atoms with E-state index >= 15 is 0 Å². The third-order valence-electron chi connectivity index (χ3n) is 6.15. The number of carbonyl (C=O) groups is 1. The largest absolute Gasteiger partial charge is 0.338 e. The van der Waals surface area contributed by atoms with Crippen molar-refractivity contribution in [2.75, 3.05) is 26.7 Å². The minimum Gasteiger partial charge on any atom is -0.338 e. The van der Waals surface area contributed by atoms with E-state index in [1.165, 1.54) is 11.1 Å². The van der Waals surface area contributed by atoms with Gasteiger partial charge in [0, 0.05) is 44.3 Å². The number of carbonyl (C=O) groups excluding carboxylic acids is 1. The number of likely N-dealkylation sites (tertiary alicyclic amines) is 2. The van der Waals surface area contributed by atoms with E-state index in [0.29, 0.717) is 17.9 Å². The van der Waals surface area contributed by atoms with Crippen molar-refractivity contribution in [2.45, 2.75) is 19.9 Å². The Labute approximate surface area is 149 Å². The first kappa shape index (κ1) is 16.3. The Morgan fingerprint density at radius 2 is 1.88 bits per heavy atom. The van der Waals surface area contributed by atoms with Crippen LogP contribution in [-0.2, 0) is 7.05 Å². The molecule has 5 nitrogen and oxygen atoms in total. The van der Waals surface area contributed by atoms with Crippen LogP contribution >= 0.6 is 0 Å². The van der Waals surface area contributed by atoms with E-state index in [1.807, 2.05) is 18.9 Å². The van der Waals surface area contributed by atoms with Gasteiger partial charge in [-0.05, 0) is 37.9 Å². The van der Waals surface area contributed by atoms with Crippen molar-refractivity contribution in [1.29, 1.82) is 0 Å². The third kappa shape index (κ3) is 2.58. The van der Waals surface area contributed by atoms with E-state index in [9.17, 15) is 4.79 Å². The lowest BCUT2D eigenvalue weighted by molar-refractivity contribution is 0.0767. The van der Waals surface area contributed by atoms with Gasteiger partial charge in [0.2, 0.25) is 0 Å². The van der Waals surface area contributed by atoms with Gasteiger partial charge in [-0.3, -0.25) is 14.4 Å². The molecule has 2 aliphatic heterocycles. The number of aromatic nitrogens is 2. The first-order valence-electron chi connectivity index (χ1n) is 9.01. The highest BCUT2D eigenvalue weighted by Crippen LogP contribution is 2.45. The van der Waals surface area contributed by atoms with Gasteiger partial charge < -0.3 is 4.90 Å². The van der Waals surface area contributed by atoms with Crippen molar-refractivity contribution >= 4 is 5.91 Å². The predicted octanol–water partition coefficient (Wildman–Crippen LogP) is 2.41. The number of hydrogen-bond acceptors (Lipinski definition) is 3. The van der Waals surface area contributed by atoms with Crippen molar-refractivity contribution in [3.8, 4) is 0 Å². The number of benzene rings is 1. The van der Waals surface area contributed by atoms with Gasteiger partial charge in [-0.1, -0.05) is 24.3 Å². The second-order valence-corrected chi connectivity index (χ2v) is 7.64. The molecule has 25 heavy (non-hydrogen) atoms. The molecule has 0 radical (unpaired) electrons. The van der Waals surface area contributed by atoms with E-state index in [-0.39, 0.29) is 5.91 Å². The Morgan fingerprint density at radius 3 is 2.56 bits per heavy atom. The molecule has 0 saturated carbocycles. The molecule has 3 heterocycles. The normalized spacial score (nSPS) is 26.2. The Bertz CT molecular complexity index is 812. The standard InChI is InChI=1S/C20H26N4O/c1-13-7-5-6-8-16(13)19-18-12-24(11-15(18)10-22(19)3)20(25)17-9-21-23(4)14(17)2/h5-9,15,18-19H,10-12H2,1-4H3/t15-,18+,19-/m0/s1. The van der Waals surface area contributed by atoms with Crippen LogP contribution in [0.5, 0.6) is 0 Å². The molecule has 0 spiro atoms. The van der Waals surface area contributed by atoms with Crippen molar-refractivity contribution in [3.63, 3.8) is 0 Å². The van der Waals surface area contributed by atoms with E-state index in [2.05, 4.69) is 48.2 Å². The molecule has 3 atom stereocenters. The zero-order valence-corrected chi connectivity index (χ0v) is 15.4. The van der Waals surface area contributed by atoms with Gasteiger partial charge in [0.05, 0.1) is 11.8 Å². The van der Waals surface area contributed by atoms with Crippen LogP contribution in [0.3, 0.4) is 0 Å². The average Bonchev–Trinajstić information content (AvgIpc) is 3.22. The number of amides is 1. The number of aryl methyl sites for hydroxylation is 2. The Morgan fingerprint density at radius 1 is 1.12 bits per heavy atom. The van der Waals surface area contributed by atoms with Crippen LogP contribution in [0.2, 0.25) is 0 Å². The highest BCUT2D eigenvalue weighted by Gasteiger charge is 2.47. The van der Waals surface area contributed by atoms with Crippen molar-refractivity contribution in [2.24, 2.45) is 18.9 Å². The van der Waals surface area contributed by atoms with Crippen LogP contribution in [0.15, 0.2) is 30.5 Å². The Kier molecular flexibility index (Phi) is 3.91. The van der Waals surface area contributed by atoms with E-state index in [4.69, 9.17) is 0 Å². The topological polar surface area (TPSA) is 41.4 Å². The molecular weight excluding hydrogens is 312 g/mol. The fourth-order valence-corrected chi connectivity index (χ4v) is 4.69. The maximum atomic E-state index is 13.0. The summed E-state index contributed by atoms with van der Waals surface area (Å²) in [6.45, 7) is 6.89. The summed E-state index contributed by atoms with van der Waals surface area (Å²) in [6, 6.07) is 9.06. The molecule has 2 fully saturated rings. The number of hydrogen-bond donors (Lipinski definition) is 0. The minimum absolute atomic E-state index is 0.131. The maximum Gasteiger partial charge on any atom is 0.257 e. The summed E-state index contributed by atoms with van der Waals surface area (Å²) in [5.41, 5.74) is 4.43. The highest BCUT2D eigenvalue weighted by atomic mass is 16.2. The summed E-state index contributed by atoms with van der Waals surface area (Å²) < 4.78 is 1.77. The van der Waals surface area contributed by atoms with Gasteiger partial charge in [-0.2, -0.15) is 5.10 Å². The zero-order valence-electron chi connectivity index (χ0n) is 15.4. The molecule has 4 rings (SSSR count). The van der Waals surface area contributed by atoms with E-state index in [0.717, 1.165) is 30.9 Å². The molecule has 2 aliphatic rings. The van der Waals surface area contributed by atoms with Gasteiger partial charge in [0.25, 0.3) is 5.91 Å². The molecular formula is C20H26N4O. The van der Waals surface area contributed by atoms with Gasteiger partial charge >= 0.3 is 0 Å². The predicted molar refractivity (Wildman–Crippen MR) is 97.4 cm³/mol. The number of rotatable bonds is 2. The molecule has 0 bridgehead atoms. The summed E-state index contributed by atoms with van der Waals surface area (Å²) in [7, 11) is 4.10. The van der Waals surface area contributed by atoms with Crippen LogP contribution in [-0.4, -0.2) is 52.2 Å². The van der Waals surface area contributed by atoms with Crippen molar-refractivity contribution in [1.82, 2.24) is 19.6 Å². The van der Waals surface area contributed by atoms with Gasteiger partial charge in [0.1, 0.15) is 0 Å². The molecule has 1 aromatic heterocycles. The van der Waals surface area contributed by atoms with E-state index < -0.39 is 0 Å². The van der Waals surface area contributed by atoms with Crippen LogP contribution in [0, 0.1) is 25.7 Å². The summed E-state index contributed by atoms with van der Waals surface area (Å²) >= 11 is 0. The second-order valence-electron chi connectivity index (χ2n) is 7.64. The van der Waals surface area contributed by atoms with E-state index in [1.54, 1.807) is 10.9 Å². The lowest BCUT2D eigenvalue weighted by atomic mass is 9.88. The first-order valence-corrected chi connectivity index (χ1v) is 9.01. The summed E-state index contributed by atoms with van der Waals surface area (Å²) in [6.07, 6.45) is 1.71. The van der Waals surface area contributed by atoms with Crippen LogP contribution in [0.25, 0.3) is 0 Å². The van der Waals surface area contributed by atoms with Crippen LogP contribution < -0.4 is 0 Å². The van der Waals surface area contributed by atoms with Gasteiger partial charge in [-0.15, -0.1) is 0 Å². The molecule has 2 saturated heterocycles. The molecule has 0 unspecified atom stereocenters. The van der Waals surface area contributed by atoms with Crippen molar-refractivity contribution in [3.05, 3.63) is 52.8 Å². The Hall–Kier alpha value is -2.14. The second kappa shape index (κ2) is 5.99. The maximum absolute atomic E-state index is 13.0. The fraction of sp³-hybridized carbons (Fsp3) is 0.500. The minimum atomic E-state index is 0.131. The Balaban J connectivity index is 1.58. The highest BCUT2D eigenvalue weighted by molar-refractivity contribution is 5.95. The quantitative estimate of drug-likeness (QED) is 0.844. The molecule has 2 aromatic rings. The van der Waals surface area contributed by atoms with Gasteiger partial charge in [0.15, 0.2) is 0 Å². The zero-order chi connectivity index (χ0) is 17.7. The molecule has 1 amide bonds. The first-order chi connectivity index (χ1) is 12.0. The third-order valence-corrected chi connectivity index (χ3v) is 6.15. The molecule has 132 valence electrons.